The predicted octanol–water partition coefficient (Wildman–Crippen LogP) is 2.06. The first-order valence-electron chi connectivity index (χ1n) is 8.40. The van der Waals surface area contributed by atoms with Gasteiger partial charge in [0, 0.05) is 19.0 Å². The molecule has 1 heterocycles. The molecule has 20 heavy (non-hydrogen) atoms. The van der Waals surface area contributed by atoms with Crippen LogP contribution in [0.2, 0.25) is 0 Å². The Morgan fingerprint density at radius 3 is 2.75 bits per heavy atom. The number of rotatable bonds is 3. The minimum atomic E-state index is 0.320. The van der Waals surface area contributed by atoms with E-state index in [0.717, 1.165) is 57.6 Å². The van der Waals surface area contributed by atoms with Crippen LogP contribution in [-0.4, -0.2) is 42.1 Å². The van der Waals surface area contributed by atoms with Crippen LogP contribution in [-0.2, 0) is 9.53 Å². The zero-order valence-corrected chi connectivity index (χ0v) is 12.4. The van der Waals surface area contributed by atoms with Crippen molar-refractivity contribution in [3.63, 3.8) is 0 Å². The lowest BCUT2D eigenvalue weighted by molar-refractivity contribution is -0.144. The van der Waals surface area contributed by atoms with Gasteiger partial charge in [-0.25, -0.2) is 0 Å². The SMILES string of the molecule is NC1CCC(CCC(=O)N2CCOC3CCCC32)CC1. The molecule has 4 heteroatoms. The maximum absolute atomic E-state index is 12.5. The van der Waals surface area contributed by atoms with Crippen LogP contribution in [0, 0.1) is 5.92 Å². The number of hydrogen-bond donors (Lipinski definition) is 1. The molecule has 3 fully saturated rings. The molecule has 2 saturated carbocycles. The van der Waals surface area contributed by atoms with E-state index in [9.17, 15) is 4.79 Å². The van der Waals surface area contributed by atoms with Crippen LogP contribution in [0.1, 0.15) is 57.8 Å². The molecule has 0 aromatic rings. The average Bonchev–Trinajstić information content (AvgIpc) is 2.94. The predicted molar refractivity (Wildman–Crippen MR) is 78.3 cm³/mol. The van der Waals surface area contributed by atoms with Gasteiger partial charge in [-0.15, -0.1) is 0 Å². The maximum atomic E-state index is 12.5. The zero-order chi connectivity index (χ0) is 13.9. The van der Waals surface area contributed by atoms with Gasteiger partial charge in [-0.3, -0.25) is 4.79 Å². The van der Waals surface area contributed by atoms with Crippen molar-refractivity contribution < 1.29 is 9.53 Å². The largest absolute Gasteiger partial charge is 0.374 e. The monoisotopic (exact) mass is 280 g/mol. The van der Waals surface area contributed by atoms with Crippen LogP contribution in [0.4, 0.5) is 0 Å². The Labute approximate surface area is 122 Å². The number of morpholine rings is 1. The fourth-order valence-corrected chi connectivity index (χ4v) is 4.18. The second-order valence-electron chi connectivity index (χ2n) is 6.81. The van der Waals surface area contributed by atoms with Crippen LogP contribution in [0.25, 0.3) is 0 Å². The Balaban J connectivity index is 1.46. The van der Waals surface area contributed by atoms with Gasteiger partial charge in [-0.1, -0.05) is 0 Å². The van der Waals surface area contributed by atoms with Crippen LogP contribution < -0.4 is 5.73 Å². The first-order chi connectivity index (χ1) is 9.74. The smallest absolute Gasteiger partial charge is 0.222 e. The van der Waals surface area contributed by atoms with Gasteiger partial charge >= 0.3 is 0 Å². The maximum Gasteiger partial charge on any atom is 0.222 e. The Morgan fingerprint density at radius 1 is 1.15 bits per heavy atom. The number of carbonyl (C=O) groups excluding carboxylic acids is 1. The molecule has 2 unspecified atom stereocenters. The van der Waals surface area contributed by atoms with Crippen LogP contribution in [0.3, 0.4) is 0 Å². The van der Waals surface area contributed by atoms with E-state index in [4.69, 9.17) is 10.5 Å². The van der Waals surface area contributed by atoms with Crippen molar-refractivity contribution in [3.8, 4) is 0 Å². The second kappa shape index (κ2) is 6.44. The lowest BCUT2D eigenvalue weighted by Crippen LogP contribution is -2.51. The summed E-state index contributed by atoms with van der Waals surface area (Å²) in [6, 6.07) is 0.775. The summed E-state index contributed by atoms with van der Waals surface area (Å²) in [5.74, 6) is 1.08. The van der Waals surface area contributed by atoms with Crippen LogP contribution in [0.5, 0.6) is 0 Å². The number of carbonyl (C=O) groups is 1. The molecule has 1 saturated heterocycles. The molecule has 114 valence electrons. The number of amides is 1. The molecule has 2 aliphatic carbocycles. The number of nitrogens with zero attached hydrogens (tertiary/aromatic N) is 1. The Kier molecular flexibility index (Phi) is 4.61. The highest BCUT2D eigenvalue weighted by atomic mass is 16.5. The quantitative estimate of drug-likeness (QED) is 0.861. The van der Waals surface area contributed by atoms with E-state index >= 15 is 0 Å². The average molecular weight is 280 g/mol. The molecular weight excluding hydrogens is 252 g/mol. The second-order valence-corrected chi connectivity index (χ2v) is 6.81. The van der Waals surface area contributed by atoms with Gasteiger partial charge in [0.1, 0.15) is 0 Å². The summed E-state index contributed by atoms with van der Waals surface area (Å²) in [6.07, 6.45) is 10.3. The third kappa shape index (κ3) is 3.17. The summed E-state index contributed by atoms with van der Waals surface area (Å²) in [7, 11) is 0. The fraction of sp³-hybridized carbons (Fsp3) is 0.938. The lowest BCUT2D eigenvalue weighted by atomic mass is 9.83. The molecule has 1 amide bonds. The van der Waals surface area contributed by atoms with E-state index in [2.05, 4.69) is 4.90 Å². The molecule has 0 aromatic heterocycles. The van der Waals surface area contributed by atoms with Crippen LogP contribution >= 0.6 is 0 Å². The number of ether oxygens (including phenoxy) is 1. The first kappa shape index (κ1) is 14.3. The molecule has 0 bridgehead atoms. The van der Waals surface area contributed by atoms with Crippen molar-refractivity contribution in [2.75, 3.05) is 13.2 Å². The number of nitrogens with two attached hydrogens (primary N) is 1. The van der Waals surface area contributed by atoms with Gasteiger partial charge in [0.15, 0.2) is 0 Å². The topological polar surface area (TPSA) is 55.6 Å². The summed E-state index contributed by atoms with van der Waals surface area (Å²) < 4.78 is 5.78. The molecule has 0 radical (unpaired) electrons. The molecule has 0 aromatic carbocycles. The highest BCUT2D eigenvalue weighted by Gasteiger charge is 2.38. The van der Waals surface area contributed by atoms with Crippen molar-refractivity contribution in [2.24, 2.45) is 11.7 Å². The van der Waals surface area contributed by atoms with Gasteiger partial charge in [-0.2, -0.15) is 0 Å². The zero-order valence-electron chi connectivity index (χ0n) is 12.4. The summed E-state index contributed by atoms with van der Waals surface area (Å²) in [5, 5.41) is 0. The van der Waals surface area contributed by atoms with Crippen molar-refractivity contribution in [3.05, 3.63) is 0 Å². The molecule has 2 N–H and O–H groups in total. The van der Waals surface area contributed by atoms with Gasteiger partial charge < -0.3 is 15.4 Å². The molecule has 4 nitrogen and oxygen atoms in total. The van der Waals surface area contributed by atoms with E-state index < -0.39 is 0 Å². The van der Waals surface area contributed by atoms with Crippen molar-refractivity contribution in [1.29, 1.82) is 0 Å². The highest BCUT2D eigenvalue weighted by molar-refractivity contribution is 5.76. The van der Waals surface area contributed by atoms with E-state index in [1.54, 1.807) is 0 Å². The van der Waals surface area contributed by atoms with E-state index in [0.29, 0.717) is 24.1 Å². The summed E-state index contributed by atoms with van der Waals surface area (Å²) >= 11 is 0. The normalized spacial score (nSPS) is 37.8. The molecule has 0 spiro atoms. The molecule has 2 atom stereocenters. The van der Waals surface area contributed by atoms with Crippen molar-refractivity contribution in [1.82, 2.24) is 4.90 Å². The number of hydrogen-bond acceptors (Lipinski definition) is 3. The fourth-order valence-electron chi connectivity index (χ4n) is 4.18. The van der Waals surface area contributed by atoms with E-state index in [-0.39, 0.29) is 0 Å². The van der Waals surface area contributed by atoms with Crippen molar-refractivity contribution >= 4 is 5.91 Å². The van der Waals surface area contributed by atoms with Gasteiger partial charge in [0.05, 0.1) is 18.8 Å². The standard InChI is InChI=1S/C16H28N2O2/c17-13-7-4-12(5-8-13)6-9-16(19)18-10-11-20-15-3-1-2-14(15)18/h12-15H,1-11,17H2. The third-order valence-corrected chi connectivity index (χ3v) is 5.46. The Hall–Kier alpha value is -0.610. The third-order valence-electron chi connectivity index (χ3n) is 5.46. The molecule has 3 rings (SSSR count). The molecule has 1 aliphatic heterocycles. The van der Waals surface area contributed by atoms with E-state index in [1.807, 2.05) is 0 Å². The first-order valence-corrected chi connectivity index (χ1v) is 8.40. The van der Waals surface area contributed by atoms with Gasteiger partial charge in [-0.05, 0) is 57.3 Å². The minimum Gasteiger partial charge on any atom is -0.374 e. The molecule has 3 aliphatic rings. The highest BCUT2D eigenvalue weighted by Crippen LogP contribution is 2.31. The summed E-state index contributed by atoms with van der Waals surface area (Å²) in [4.78, 5) is 14.6. The number of fused-ring (bicyclic) bond motifs is 1. The van der Waals surface area contributed by atoms with Crippen molar-refractivity contribution in [2.45, 2.75) is 76.0 Å². The molecular formula is C16H28N2O2. The van der Waals surface area contributed by atoms with E-state index in [1.165, 1.54) is 19.3 Å². The van der Waals surface area contributed by atoms with Gasteiger partial charge in [0.2, 0.25) is 5.91 Å². The van der Waals surface area contributed by atoms with Gasteiger partial charge in [0.25, 0.3) is 0 Å². The Morgan fingerprint density at radius 2 is 1.95 bits per heavy atom. The Bertz CT molecular complexity index is 339. The summed E-state index contributed by atoms with van der Waals surface area (Å²) in [5.41, 5.74) is 5.94. The van der Waals surface area contributed by atoms with Crippen LogP contribution in [0.15, 0.2) is 0 Å². The summed E-state index contributed by atoms with van der Waals surface area (Å²) in [6.45, 7) is 1.53. The minimum absolute atomic E-state index is 0.320. The lowest BCUT2D eigenvalue weighted by Gasteiger charge is -2.38.